The maximum absolute atomic E-state index is 12.8. The number of nitrogens with one attached hydrogen (secondary N) is 1. The molecule has 1 amide bonds. The Morgan fingerprint density at radius 3 is 2.41 bits per heavy atom. The van der Waals surface area contributed by atoms with Crippen molar-refractivity contribution in [3.05, 3.63) is 34.3 Å². The average molecular weight is 339 g/mol. The number of carbonyl (C=O) groups is 1. The van der Waals surface area contributed by atoms with Gasteiger partial charge < -0.3 is 15.8 Å². The van der Waals surface area contributed by atoms with Gasteiger partial charge >= 0.3 is 12.3 Å². The van der Waals surface area contributed by atoms with Crippen LogP contribution in [0.3, 0.4) is 0 Å². The Kier molecular flexibility index (Phi) is 5.70. The lowest BCUT2D eigenvalue weighted by Crippen LogP contribution is -2.38. The summed E-state index contributed by atoms with van der Waals surface area (Å²) in [6.07, 6.45) is -5.29. The number of hydrogen-bond donors (Lipinski definition) is 2. The number of rotatable bonds is 3. The van der Waals surface area contributed by atoms with Crippen LogP contribution in [0.4, 0.5) is 18.0 Å². The van der Waals surface area contributed by atoms with Gasteiger partial charge in [0.05, 0.1) is 11.6 Å². The smallest absolute Gasteiger partial charge is 0.416 e. The highest BCUT2D eigenvalue weighted by atomic mass is 35.5. The van der Waals surface area contributed by atoms with E-state index >= 15 is 0 Å². The first kappa shape index (κ1) is 18.6. The lowest BCUT2D eigenvalue weighted by atomic mass is 10.0. The van der Waals surface area contributed by atoms with Gasteiger partial charge in [-0.2, -0.15) is 13.2 Å². The number of carbonyl (C=O) groups excluding carboxylic acids is 1. The summed E-state index contributed by atoms with van der Waals surface area (Å²) in [7, 11) is 0. The zero-order valence-corrected chi connectivity index (χ0v) is 13.2. The van der Waals surface area contributed by atoms with Crippen LogP contribution in [-0.4, -0.2) is 18.2 Å². The average Bonchev–Trinajstić information content (AvgIpc) is 2.33. The quantitative estimate of drug-likeness (QED) is 0.879. The van der Waals surface area contributed by atoms with Gasteiger partial charge in [0.15, 0.2) is 0 Å². The molecule has 4 nitrogen and oxygen atoms in total. The van der Waals surface area contributed by atoms with Crippen molar-refractivity contribution in [1.82, 2.24) is 5.32 Å². The molecule has 0 heterocycles. The predicted octanol–water partition coefficient (Wildman–Crippen LogP) is 3.88. The zero-order valence-electron chi connectivity index (χ0n) is 12.4. The molecule has 0 aliphatic rings. The second kappa shape index (κ2) is 6.75. The summed E-state index contributed by atoms with van der Waals surface area (Å²) in [4.78, 5) is 11.7. The number of benzene rings is 1. The van der Waals surface area contributed by atoms with Crippen LogP contribution in [0.1, 0.15) is 37.9 Å². The van der Waals surface area contributed by atoms with Crippen LogP contribution < -0.4 is 11.1 Å². The highest BCUT2D eigenvalue weighted by Gasteiger charge is 2.32. The normalized spacial score (nSPS) is 13.6. The fourth-order valence-corrected chi connectivity index (χ4v) is 1.95. The molecule has 0 spiro atoms. The number of amides is 1. The molecule has 0 aromatic heterocycles. The van der Waals surface area contributed by atoms with E-state index < -0.39 is 29.5 Å². The molecule has 0 saturated heterocycles. The molecule has 1 atom stereocenters. The van der Waals surface area contributed by atoms with Crippen molar-refractivity contribution in [3.63, 3.8) is 0 Å². The van der Waals surface area contributed by atoms with Gasteiger partial charge in [-0.15, -0.1) is 0 Å². The molecule has 3 N–H and O–H groups in total. The van der Waals surface area contributed by atoms with E-state index in [1.807, 2.05) is 0 Å². The van der Waals surface area contributed by atoms with Gasteiger partial charge in [-0.25, -0.2) is 4.79 Å². The maximum atomic E-state index is 12.8. The van der Waals surface area contributed by atoms with Gasteiger partial charge in [0, 0.05) is 11.6 Å². The Morgan fingerprint density at radius 2 is 1.95 bits per heavy atom. The van der Waals surface area contributed by atoms with E-state index in [2.05, 4.69) is 5.32 Å². The maximum Gasteiger partial charge on any atom is 0.416 e. The Labute approximate surface area is 131 Å². The molecule has 1 rings (SSSR count). The summed E-state index contributed by atoms with van der Waals surface area (Å²) in [5.74, 6) is 0. The van der Waals surface area contributed by atoms with Crippen molar-refractivity contribution >= 4 is 17.7 Å². The van der Waals surface area contributed by atoms with Gasteiger partial charge in [-0.1, -0.05) is 11.6 Å². The molecule has 0 aliphatic carbocycles. The zero-order chi connectivity index (χ0) is 17.1. The van der Waals surface area contributed by atoms with Gasteiger partial charge in [-0.3, -0.25) is 0 Å². The van der Waals surface area contributed by atoms with Crippen LogP contribution in [0.2, 0.25) is 5.02 Å². The lowest BCUT2D eigenvalue weighted by Gasteiger charge is -2.24. The van der Waals surface area contributed by atoms with Crippen LogP contribution >= 0.6 is 11.6 Å². The molecule has 0 fully saturated rings. The molecule has 8 heteroatoms. The van der Waals surface area contributed by atoms with Crippen LogP contribution in [0.25, 0.3) is 0 Å². The molecule has 0 radical (unpaired) electrons. The van der Waals surface area contributed by atoms with E-state index in [4.69, 9.17) is 22.1 Å². The third-order valence-electron chi connectivity index (χ3n) is 2.63. The predicted molar refractivity (Wildman–Crippen MR) is 77.6 cm³/mol. The molecule has 0 aliphatic heterocycles. The molecule has 1 unspecified atom stereocenters. The van der Waals surface area contributed by atoms with Crippen LogP contribution in [0.15, 0.2) is 18.2 Å². The van der Waals surface area contributed by atoms with Crippen LogP contribution in [-0.2, 0) is 10.9 Å². The fourth-order valence-electron chi connectivity index (χ4n) is 1.70. The summed E-state index contributed by atoms with van der Waals surface area (Å²) in [6.45, 7) is 4.88. The number of hydrogen-bond acceptors (Lipinski definition) is 3. The van der Waals surface area contributed by atoms with E-state index in [0.29, 0.717) is 0 Å². The van der Waals surface area contributed by atoms with Gasteiger partial charge in [0.2, 0.25) is 0 Å². The van der Waals surface area contributed by atoms with Crippen molar-refractivity contribution in [2.24, 2.45) is 5.73 Å². The third kappa shape index (κ3) is 5.38. The monoisotopic (exact) mass is 338 g/mol. The minimum Gasteiger partial charge on any atom is -0.444 e. The number of nitrogens with two attached hydrogens (primary N) is 1. The first-order chi connectivity index (χ1) is 9.94. The summed E-state index contributed by atoms with van der Waals surface area (Å²) in [5, 5.41) is 2.50. The first-order valence-electron chi connectivity index (χ1n) is 6.50. The highest BCUT2D eigenvalue weighted by Crippen LogP contribution is 2.33. The fraction of sp³-hybridized carbons (Fsp3) is 0.500. The minimum atomic E-state index is -4.51. The summed E-state index contributed by atoms with van der Waals surface area (Å²) < 4.78 is 43.4. The summed E-state index contributed by atoms with van der Waals surface area (Å²) in [6, 6.07) is 1.98. The standard InChI is InChI=1S/C14H18ClF3N2O2/c1-13(2,3)22-12(21)20-11(7-19)9-6-8(14(16,17)18)4-5-10(9)15/h4-6,11H,7,19H2,1-3H3,(H,20,21). The molecular formula is C14H18ClF3N2O2. The third-order valence-corrected chi connectivity index (χ3v) is 2.97. The van der Waals surface area contributed by atoms with Crippen LogP contribution in [0, 0.1) is 0 Å². The Hall–Kier alpha value is -1.47. The van der Waals surface area contributed by atoms with Crippen molar-refractivity contribution in [1.29, 1.82) is 0 Å². The van der Waals surface area contributed by atoms with Gasteiger partial charge in [0.25, 0.3) is 0 Å². The van der Waals surface area contributed by atoms with E-state index in [1.54, 1.807) is 20.8 Å². The number of halogens is 4. The minimum absolute atomic E-state index is 0.0829. The van der Waals surface area contributed by atoms with E-state index in [0.717, 1.165) is 18.2 Å². The van der Waals surface area contributed by atoms with E-state index in [9.17, 15) is 18.0 Å². The lowest BCUT2D eigenvalue weighted by molar-refractivity contribution is -0.137. The first-order valence-corrected chi connectivity index (χ1v) is 6.88. The molecule has 1 aromatic rings. The SMILES string of the molecule is CC(C)(C)OC(=O)NC(CN)c1cc(C(F)(F)F)ccc1Cl. The summed E-state index contributed by atoms with van der Waals surface area (Å²) in [5.41, 5.74) is 4.02. The van der Waals surface area contributed by atoms with Crippen molar-refractivity contribution in [2.75, 3.05) is 6.54 Å². The molecule has 124 valence electrons. The second-order valence-electron chi connectivity index (χ2n) is 5.67. The van der Waals surface area contributed by atoms with Crippen LogP contribution in [0.5, 0.6) is 0 Å². The highest BCUT2D eigenvalue weighted by molar-refractivity contribution is 6.31. The van der Waals surface area contributed by atoms with Crippen molar-refractivity contribution < 1.29 is 22.7 Å². The second-order valence-corrected chi connectivity index (χ2v) is 6.08. The van der Waals surface area contributed by atoms with Crippen molar-refractivity contribution in [2.45, 2.75) is 38.6 Å². The molecular weight excluding hydrogens is 321 g/mol. The number of alkyl carbamates (subject to hydrolysis) is 1. The van der Waals surface area contributed by atoms with E-state index in [-0.39, 0.29) is 17.1 Å². The van der Waals surface area contributed by atoms with Gasteiger partial charge in [0.1, 0.15) is 5.60 Å². The van der Waals surface area contributed by atoms with E-state index in [1.165, 1.54) is 0 Å². The molecule has 0 bridgehead atoms. The van der Waals surface area contributed by atoms with Gasteiger partial charge in [-0.05, 0) is 44.5 Å². The largest absolute Gasteiger partial charge is 0.444 e. The topological polar surface area (TPSA) is 64.3 Å². The van der Waals surface area contributed by atoms with Crippen molar-refractivity contribution in [3.8, 4) is 0 Å². The summed E-state index contributed by atoms with van der Waals surface area (Å²) >= 11 is 5.92. The number of ether oxygens (including phenoxy) is 1. The number of alkyl halides is 3. The molecule has 0 saturated carbocycles. The Bertz CT molecular complexity index is 542. The Balaban J connectivity index is 3.02. The Morgan fingerprint density at radius 1 is 1.36 bits per heavy atom. The molecule has 22 heavy (non-hydrogen) atoms. The molecule has 1 aromatic carbocycles.